The highest BCUT2D eigenvalue weighted by atomic mass is 35.5. The molecule has 0 amide bonds. The summed E-state index contributed by atoms with van der Waals surface area (Å²) in [6.45, 7) is 1.78. The van der Waals surface area contributed by atoms with Crippen molar-refractivity contribution >= 4 is 22.5 Å². The average Bonchev–Trinajstić information content (AvgIpc) is 2.47. The summed E-state index contributed by atoms with van der Waals surface area (Å²) in [4.78, 5) is 21.5. The highest BCUT2D eigenvalue weighted by Gasteiger charge is 2.17. The molecule has 0 saturated carbocycles. The molecule has 3 aromatic rings. The molecule has 1 atom stereocenters. The fourth-order valence-corrected chi connectivity index (χ4v) is 2.47. The molecular formula is C15H13ClN4O. The second-order valence-electron chi connectivity index (χ2n) is 4.72. The van der Waals surface area contributed by atoms with Crippen LogP contribution in [0.25, 0.3) is 16.7 Å². The zero-order chi connectivity index (χ0) is 15.0. The Balaban J connectivity index is 2.47. The van der Waals surface area contributed by atoms with Gasteiger partial charge in [-0.3, -0.25) is 4.79 Å². The maximum atomic E-state index is 12.8. The van der Waals surface area contributed by atoms with Crippen LogP contribution in [-0.4, -0.2) is 14.5 Å². The smallest absolute Gasteiger partial charge is 0.268 e. The van der Waals surface area contributed by atoms with E-state index in [1.54, 1.807) is 49.5 Å². The van der Waals surface area contributed by atoms with Gasteiger partial charge in [0.2, 0.25) is 0 Å². The summed E-state index contributed by atoms with van der Waals surface area (Å²) < 4.78 is 1.42. The van der Waals surface area contributed by atoms with Crippen LogP contribution < -0.4 is 11.3 Å². The molecular weight excluding hydrogens is 288 g/mol. The van der Waals surface area contributed by atoms with Gasteiger partial charge >= 0.3 is 0 Å². The molecule has 0 bridgehead atoms. The lowest BCUT2D eigenvalue weighted by molar-refractivity contribution is 0.689. The number of nitrogens with two attached hydrogens (primary N) is 1. The van der Waals surface area contributed by atoms with Crippen molar-refractivity contribution in [3.05, 3.63) is 63.8 Å². The van der Waals surface area contributed by atoms with Gasteiger partial charge < -0.3 is 5.73 Å². The summed E-state index contributed by atoms with van der Waals surface area (Å²) >= 11 is 6.15. The summed E-state index contributed by atoms with van der Waals surface area (Å²) in [5.41, 5.74) is 6.23. The van der Waals surface area contributed by atoms with Crippen molar-refractivity contribution in [3.8, 4) is 5.82 Å². The van der Waals surface area contributed by atoms with Gasteiger partial charge in [0.25, 0.3) is 5.56 Å². The molecule has 106 valence electrons. The number of halogens is 1. The molecule has 21 heavy (non-hydrogen) atoms. The van der Waals surface area contributed by atoms with E-state index in [1.165, 1.54) is 4.57 Å². The van der Waals surface area contributed by atoms with Gasteiger partial charge in [-0.2, -0.15) is 0 Å². The van der Waals surface area contributed by atoms with Crippen LogP contribution in [0.1, 0.15) is 18.8 Å². The predicted molar refractivity (Wildman–Crippen MR) is 82.7 cm³/mol. The first-order valence-corrected chi connectivity index (χ1v) is 6.85. The Morgan fingerprint density at radius 2 is 2.05 bits per heavy atom. The first-order chi connectivity index (χ1) is 10.1. The predicted octanol–water partition coefficient (Wildman–Crippen LogP) is 2.45. The van der Waals surface area contributed by atoms with Gasteiger partial charge in [0.1, 0.15) is 11.6 Å². The van der Waals surface area contributed by atoms with E-state index in [2.05, 4.69) is 9.97 Å². The van der Waals surface area contributed by atoms with E-state index in [1.807, 2.05) is 0 Å². The maximum Gasteiger partial charge on any atom is 0.268 e. The van der Waals surface area contributed by atoms with E-state index in [0.29, 0.717) is 27.6 Å². The van der Waals surface area contributed by atoms with Crippen LogP contribution >= 0.6 is 11.6 Å². The number of hydrogen-bond acceptors (Lipinski definition) is 4. The largest absolute Gasteiger partial charge is 0.322 e. The molecule has 0 radical (unpaired) electrons. The Morgan fingerprint density at radius 1 is 1.24 bits per heavy atom. The minimum Gasteiger partial charge on any atom is -0.322 e. The fourth-order valence-electron chi connectivity index (χ4n) is 2.22. The van der Waals surface area contributed by atoms with Crippen molar-refractivity contribution in [2.24, 2.45) is 5.73 Å². The normalized spacial score (nSPS) is 12.5. The molecule has 1 aromatic carbocycles. The van der Waals surface area contributed by atoms with Crippen LogP contribution in [0.15, 0.2) is 47.4 Å². The molecule has 0 saturated heterocycles. The highest BCUT2D eigenvalue weighted by molar-refractivity contribution is 6.35. The molecule has 2 heterocycles. The molecule has 0 spiro atoms. The lowest BCUT2D eigenvalue weighted by atomic mass is 10.2. The molecule has 2 N–H and O–H groups in total. The molecule has 0 aliphatic carbocycles. The summed E-state index contributed by atoms with van der Waals surface area (Å²) in [5, 5.41) is 0.736. The lowest BCUT2D eigenvalue weighted by Gasteiger charge is -2.15. The van der Waals surface area contributed by atoms with Crippen molar-refractivity contribution in [1.82, 2.24) is 14.5 Å². The Kier molecular flexibility index (Phi) is 3.45. The van der Waals surface area contributed by atoms with E-state index >= 15 is 0 Å². The topological polar surface area (TPSA) is 73.8 Å². The van der Waals surface area contributed by atoms with Gasteiger partial charge in [-0.25, -0.2) is 14.5 Å². The molecule has 0 aliphatic heterocycles. The molecule has 3 rings (SSSR count). The summed E-state index contributed by atoms with van der Waals surface area (Å²) in [6, 6.07) is 10.1. The van der Waals surface area contributed by atoms with E-state index in [9.17, 15) is 4.79 Å². The van der Waals surface area contributed by atoms with Gasteiger partial charge in [-0.1, -0.05) is 23.7 Å². The average molecular weight is 301 g/mol. The Hall–Kier alpha value is -2.24. The molecule has 0 fully saturated rings. The van der Waals surface area contributed by atoms with Crippen LogP contribution in [-0.2, 0) is 0 Å². The minimum atomic E-state index is -0.414. The van der Waals surface area contributed by atoms with E-state index < -0.39 is 6.04 Å². The van der Waals surface area contributed by atoms with Crippen molar-refractivity contribution in [3.63, 3.8) is 0 Å². The Morgan fingerprint density at radius 3 is 2.71 bits per heavy atom. The summed E-state index contributed by atoms with van der Waals surface area (Å²) in [5.74, 6) is 0.928. The number of hydrogen-bond donors (Lipinski definition) is 1. The zero-order valence-corrected chi connectivity index (χ0v) is 12.1. The summed E-state index contributed by atoms with van der Waals surface area (Å²) in [7, 11) is 0. The number of fused-ring (bicyclic) bond motifs is 1. The first-order valence-electron chi connectivity index (χ1n) is 6.47. The van der Waals surface area contributed by atoms with Gasteiger partial charge in [0, 0.05) is 6.20 Å². The number of pyridine rings is 1. The third-order valence-electron chi connectivity index (χ3n) is 3.16. The van der Waals surface area contributed by atoms with Gasteiger partial charge in [-0.05, 0) is 31.2 Å². The number of rotatable bonds is 2. The van der Waals surface area contributed by atoms with Crippen molar-refractivity contribution in [1.29, 1.82) is 0 Å². The Bertz CT molecular complexity index is 859. The summed E-state index contributed by atoms with van der Waals surface area (Å²) in [6.07, 6.45) is 1.61. The SMILES string of the molecule is C[C@H](N)c1nc2cccc(Cl)c2c(=O)n1-c1ccccn1. The molecule has 5 nitrogen and oxygen atoms in total. The van der Waals surface area contributed by atoms with Crippen LogP contribution in [0.4, 0.5) is 0 Å². The third-order valence-corrected chi connectivity index (χ3v) is 3.47. The molecule has 2 aromatic heterocycles. The molecule has 0 aliphatic rings. The number of aromatic nitrogens is 3. The lowest BCUT2D eigenvalue weighted by Crippen LogP contribution is -2.28. The Labute approximate surface area is 126 Å². The monoisotopic (exact) mass is 300 g/mol. The van der Waals surface area contributed by atoms with Crippen molar-refractivity contribution < 1.29 is 0 Å². The van der Waals surface area contributed by atoms with E-state index in [-0.39, 0.29) is 5.56 Å². The van der Waals surface area contributed by atoms with Crippen LogP contribution in [0.5, 0.6) is 0 Å². The quantitative estimate of drug-likeness (QED) is 0.789. The maximum absolute atomic E-state index is 12.8. The van der Waals surface area contributed by atoms with Crippen molar-refractivity contribution in [2.75, 3.05) is 0 Å². The van der Waals surface area contributed by atoms with E-state index in [4.69, 9.17) is 17.3 Å². The fraction of sp³-hybridized carbons (Fsp3) is 0.133. The van der Waals surface area contributed by atoms with E-state index in [0.717, 1.165) is 0 Å². The van der Waals surface area contributed by atoms with Crippen LogP contribution in [0, 0.1) is 0 Å². The number of nitrogens with zero attached hydrogens (tertiary/aromatic N) is 3. The van der Waals surface area contributed by atoms with Crippen LogP contribution in [0.3, 0.4) is 0 Å². The molecule has 6 heteroatoms. The second-order valence-corrected chi connectivity index (χ2v) is 5.13. The van der Waals surface area contributed by atoms with Gasteiger partial charge in [0.15, 0.2) is 0 Å². The zero-order valence-electron chi connectivity index (χ0n) is 11.3. The molecule has 0 unspecified atom stereocenters. The van der Waals surface area contributed by atoms with Gasteiger partial charge in [-0.15, -0.1) is 0 Å². The first kappa shape index (κ1) is 13.7. The second kappa shape index (κ2) is 5.27. The third kappa shape index (κ3) is 2.30. The highest BCUT2D eigenvalue weighted by Crippen LogP contribution is 2.21. The standard InChI is InChI=1S/C15H13ClN4O/c1-9(17)14-19-11-6-4-5-10(16)13(11)15(21)20(14)12-7-2-3-8-18-12/h2-9H,17H2,1H3/t9-/m0/s1. The van der Waals surface area contributed by atoms with Gasteiger partial charge in [0.05, 0.1) is 22.0 Å². The van der Waals surface area contributed by atoms with Crippen molar-refractivity contribution in [2.45, 2.75) is 13.0 Å². The van der Waals surface area contributed by atoms with Crippen LogP contribution in [0.2, 0.25) is 5.02 Å². The number of benzene rings is 1. The minimum absolute atomic E-state index is 0.267.